The van der Waals surface area contributed by atoms with Crippen LogP contribution in [0, 0.1) is 0 Å². The van der Waals surface area contributed by atoms with E-state index in [2.05, 4.69) is 12.2 Å². The molecule has 5 nitrogen and oxygen atoms in total. The summed E-state index contributed by atoms with van der Waals surface area (Å²) >= 11 is 0. The zero-order valence-corrected chi connectivity index (χ0v) is 11.0. The fraction of sp³-hybridized carbons (Fsp3) is 0.833. The minimum absolute atomic E-state index is 0.0877. The Morgan fingerprint density at radius 2 is 2.24 bits per heavy atom. The van der Waals surface area contributed by atoms with Crippen LogP contribution in [0.25, 0.3) is 0 Å². The molecule has 1 fully saturated rings. The number of carbonyl (C=O) groups excluding carboxylic acids is 2. The number of rotatable bonds is 6. The number of hydrogen-bond acceptors (Lipinski definition) is 3. The van der Waals surface area contributed by atoms with Crippen LogP contribution in [-0.2, 0) is 9.59 Å². The molecule has 1 rings (SSSR count). The second kappa shape index (κ2) is 5.49. The van der Waals surface area contributed by atoms with Crippen LogP contribution in [0.15, 0.2) is 0 Å². The van der Waals surface area contributed by atoms with E-state index in [1.165, 1.54) is 0 Å². The molecule has 0 saturated carbocycles. The lowest BCUT2D eigenvalue weighted by Gasteiger charge is -2.34. The summed E-state index contributed by atoms with van der Waals surface area (Å²) in [7, 11) is 0. The van der Waals surface area contributed by atoms with E-state index in [-0.39, 0.29) is 24.3 Å². The van der Waals surface area contributed by atoms with Gasteiger partial charge in [-0.3, -0.25) is 9.59 Å². The Kier molecular flexibility index (Phi) is 4.51. The molecule has 1 aliphatic heterocycles. The molecule has 1 atom stereocenters. The molecule has 1 saturated heterocycles. The molecule has 5 heteroatoms. The lowest BCUT2D eigenvalue weighted by Crippen LogP contribution is -2.50. The molecule has 0 aliphatic carbocycles. The highest BCUT2D eigenvalue weighted by Crippen LogP contribution is 2.25. The van der Waals surface area contributed by atoms with Crippen molar-refractivity contribution in [2.75, 3.05) is 13.1 Å². The highest BCUT2D eigenvalue weighted by molar-refractivity contribution is 5.85. The van der Waals surface area contributed by atoms with Crippen LogP contribution in [0.2, 0.25) is 0 Å². The number of carbonyl (C=O) groups is 2. The molecule has 0 aromatic heterocycles. The predicted molar refractivity (Wildman–Crippen MR) is 66.3 cm³/mol. The van der Waals surface area contributed by atoms with Gasteiger partial charge in [-0.1, -0.05) is 6.92 Å². The van der Waals surface area contributed by atoms with Crippen LogP contribution >= 0.6 is 0 Å². The molecular weight excluding hydrogens is 218 g/mol. The Hall–Kier alpha value is -1.10. The van der Waals surface area contributed by atoms with Crippen molar-refractivity contribution < 1.29 is 9.59 Å². The zero-order valence-electron chi connectivity index (χ0n) is 11.0. The second-order valence-electron chi connectivity index (χ2n) is 5.24. The minimum atomic E-state index is -0.481. The van der Waals surface area contributed by atoms with Gasteiger partial charge in [0.25, 0.3) is 0 Å². The molecule has 1 unspecified atom stereocenters. The van der Waals surface area contributed by atoms with Gasteiger partial charge in [0, 0.05) is 18.5 Å². The standard InChI is InChI=1S/C12H23N3O2/c1-4-6-14-9-5-7-15(11(9)17)12(2,3)8-10(13)16/h9,14H,4-8H2,1-3H3,(H2,13,16). The van der Waals surface area contributed by atoms with Crippen molar-refractivity contribution in [1.82, 2.24) is 10.2 Å². The molecule has 1 aliphatic rings. The fourth-order valence-corrected chi connectivity index (χ4v) is 2.31. The Bertz CT molecular complexity index is 302. The number of hydrogen-bond donors (Lipinski definition) is 2. The number of primary amides is 1. The third-order valence-corrected chi connectivity index (χ3v) is 3.18. The molecule has 0 aromatic carbocycles. The Balaban J connectivity index is 2.62. The maximum atomic E-state index is 12.2. The molecular formula is C12H23N3O2. The third kappa shape index (κ3) is 3.43. The van der Waals surface area contributed by atoms with Crippen molar-refractivity contribution in [1.29, 1.82) is 0 Å². The van der Waals surface area contributed by atoms with Crippen molar-refractivity contribution in [2.45, 2.75) is 51.6 Å². The third-order valence-electron chi connectivity index (χ3n) is 3.18. The van der Waals surface area contributed by atoms with Gasteiger partial charge in [-0.2, -0.15) is 0 Å². The van der Waals surface area contributed by atoms with Gasteiger partial charge < -0.3 is 16.0 Å². The molecule has 0 aromatic rings. The molecule has 0 radical (unpaired) electrons. The maximum absolute atomic E-state index is 12.2. The minimum Gasteiger partial charge on any atom is -0.370 e. The molecule has 98 valence electrons. The molecule has 17 heavy (non-hydrogen) atoms. The molecule has 3 N–H and O–H groups in total. The van der Waals surface area contributed by atoms with Crippen molar-refractivity contribution in [3.8, 4) is 0 Å². The number of nitrogens with two attached hydrogens (primary N) is 1. The summed E-state index contributed by atoms with van der Waals surface area (Å²) in [5, 5.41) is 3.23. The van der Waals surface area contributed by atoms with Gasteiger partial charge in [0.2, 0.25) is 11.8 Å². The van der Waals surface area contributed by atoms with Gasteiger partial charge in [-0.25, -0.2) is 0 Å². The van der Waals surface area contributed by atoms with Gasteiger partial charge in [-0.05, 0) is 33.2 Å². The van der Waals surface area contributed by atoms with Crippen molar-refractivity contribution in [2.24, 2.45) is 5.73 Å². The van der Waals surface area contributed by atoms with Crippen LogP contribution in [0.5, 0.6) is 0 Å². The SMILES string of the molecule is CCCNC1CCN(C(C)(C)CC(N)=O)C1=O. The summed E-state index contributed by atoms with van der Waals surface area (Å²) in [6, 6.07) is -0.0953. The fourth-order valence-electron chi connectivity index (χ4n) is 2.31. The van der Waals surface area contributed by atoms with E-state index in [0.717, 1.165) is 19.4 Å². The van der Waals surface area contributed by atoms with E-state index in [0.29, 0.717) is 6.54 Å². The molecule has 2 amide bonds. The summed E-state index contributed by atoms with van der Waals surface area (Å²) in [6.45, 7) is 7.39. The smallest absolute Gasteiger partial charge is 0.240 e. The monoisotopic (exact) mass is 241 g/mol. The van der Waals surface area contributed by atoms with E-state index in [4.69, 9.17) is 5.73 Å². The second-order valence-corrected chi connectivity index (χ2v) is 5.24. The van der Waals surface area contributed by atoms with Crippen LogP contribution < -0.4 is 11.1 Å². The summed E-state index contributed by atoms with van der Waals surface area (Å²) < 4.78 is 0. The topological polar surface area (TPSA) is 75.4 Å². The van der Waals surface area contributed by atoms with Crippen molar-refractivity contribution in [3.63, 3.8) is 0 Å². The highest BCUT2D eigenvalue weighted by Gasteiger charge is 2.40. The molecule has 0 spiro atoms. The van der Waals surface area contributed by atoms with E-state index in [1.54, 1.807) is 4.90 Å². The largest absolute Gasteiger partial charge is 0.370 e. The maximum Gasteiger partial charge on any atom is 0.240 e. The van der Waals surface area contributed by atoms with E-state index in [1.807, 2.05) is 13.8 Å². The van der Waals surface area contributed by atoms with Gasteiger partial charge >= 0.3 is 0 Å². The van der Waals surface area contributed by atoms with Crippen molar-refractivity contribution >= 4 is 11.8 Å². The predicted octanol–water partition coefficient (Wildman–Crippen LogP) is 0.241. The van der Waals surface area contributed by atoms with Gasteiger partial charge in [0.15, 0.2) is 0 Å². The Labute approximate surface area is 103 Å². The van der Waals surface area contributed by atoms with Crippen LogP contribution in [0.3, 0.4) is 0 Å². The van der Waals surface area contributed by atoms with Crippen molar-refractivity contribution in [3.05, 3.63) is 0 Å². The summed E-state index contributed by atoms with van der Waals surface area (Å²) in [5.41, 5.74) is 4.73. The highest BCUT2D eigenvalue weighted by atomic mass is 16.2. The quantitative estimate of drug-likeness (QED) is 0.699. The van der Waals surface area contributed by atoms with E-state index >= 15 is 0 Å². The number of nitrogens with zero attached hydrogens (tertiary/aromatic N) is 1. The number of likely N-dealkylation sites (tertiary alicyclic amines) is 1. The summed E-state index contributed by atoms with van der Waals surface area (Å²) in [4.78, 5) is 24.9. The number of nitrogens with one attached hydrogen (secondary N) is 1. The number of amides is 2. The normalized spacial score (nSPS) is 21.0. The first-order valence-electron chi connectivity index (χ1n) is 6.21. The van der Waals surface area contributed by atoms with Crippen LogP contribution in [-0.4, -0.2) is 41.4 Å². The summed E-state index contributed by atoms with van der Waals surface area (Å²) in [5.74, 6) is -0.280. The van der Waals surface area contributed by atoms with Gasteiger partial charge in [0.05, 0.1) is 6.04 Å². The van der Waals surface area contributed by atoms with Crippen LogP contribution in [0.1, 0.15) is 40.0 Å². The first-order chi connectivity index (χ1) is 7.88. The first-order valence-corrected chi connectivity index (χ1v) is 6.21. The average molecular weight is 241 g/mol. The van der Waals surface area contributed by atoms with E-state index in [9.17, 15) is 9.59 Å². The molecule has 0 bridgehead atoms. The van der Waals surface area contributed by atoms with E-state index < -0.39 is 5.54 Å². The molecule has 1 heterocycles. The summed E-state index contributed by atoms with van der Waals surface area (Å²) in [6.07, 6.45) is 2.02. The Morgan fingerprint density at radius 1 is 1.59 bits per heavy atom. The lowest BCUT2D eigenvalue weighted by molar-refractivity contribution is -0.135. The lowest BCUT2D eigenvalue weighted by atomic mass is 9.98. The van der Waals surface area contributed by atoms with Gasteiger partial charge in [-0.15, -0.1) is 0 Å². The first kappa shape index (κ1) is 14.0. The van der Waals surface area contributed by atoms with Gasteiger partial charge in [0.1, 0.15) is 0 Å². The van der Waals surface area contributed by atoms with Crippen LogP contribution in [0.4, 0.5) is 0 Å². The average Bonchev–Trinajstić information content (AvgIpc) is 2.55. The Morgan fingerprint density at radius 3 is 2.76 bits per heavy atom. The zero-order chi connectivity index (χ0) is 13.1.